The third-order valence-corrected chi connectivity index (χ3v) is 6.23. The molecule has 30 heavy (non-hydrogen) atoms. The Kier molecular flexibility index (Phi) is 7.08. The average molecular weight is 413 g/mol. The van der Waals surface area contributed by atoms with Gasteiger partial charge in [0.1, 0.15) is 0 Å². The molecule has 0 bridgehead atoms. The SMILES string of the molecule is CCC(C)(C)C(=O)C(=O)N1CCCC1COCCCc1ccc2ccccc2[n+]1[O-]. The van der Waals surface area contributed by atoms with Gasteiger partial charge in [-0.3, -0.25) is 9.59 Å². The number of para-hydroxylation sites is 1. The first-order valence-electron chi connectivity index (χ1n) is 10.9. The molecule has 1 saturated heterocycles. The molecule has 0 radical (unpaired) electrons. The number of carbonyl (C=O) groups excluding carboxylic acids is 2. The van der Waals surface area contributed by atoms with E-state index < -0.39 is 5.41 Å². The Labute approximate surface area is 178 Å². The lowest BCUT2D eigenvalue weighted by Gasteiger charge is -2.28. The largest absolute Gasteiger partial charge is 0.618 e. The van der Waals surface area contributed by atoms with Gasteiger partial charge in [0.25, 0.3) is 5.91 Å². The smallest absolute Gasteiger partial charge is 0.290 e. The fourth-order valence-electron chi connectivity index (χ4n) is 3.84. The van der Waals surface area contributed by atoms with Gasteiger partial charge in [-0.1, -0.05) is 32.9 Å². The van der Waals surface area contributed by atoms with Crippen molar-refractivity contribution in [3.05, 3.63) is 47.3 Å². The van der Waals surface area contributed by atoms with Gasteiger partial charge in [-0.05, 0) is 37.8 Å². The minimum Gasteiger partial charge on any atom is -0.618 e. The standard InChI is InChI=1S/C24H32N2O4/c1-4-24(2,3)22(27)23(28)25-15-7-10-20(25)17-30-16-8-11-19-14-13-18-9-5-6-12-21(18)26(19)29/h5-6,9,12-14,20H,4,7-8,10-11,15-17H2,1-3H3. The number of aromatic nitrogens is 1. The zero-order valence-electron chi connectivity index (χ0n) is 18.2. The first-order valence-corrected chi connectivity index (χ1v) is 10.9. The summed E-state index contributed by atoms with van der Waals surface area (Å²) in [6, 6.07) is 11.3. The molecule has 2 heterocycles. The molecule has 1 aromatic heterocycles. The molecule has 1 fully saturated rings. The lowest BCUT2D eigenvalue weighted by Crippen LogP contribution is -2.46. The second-order valence-corrected chi connectivity index (χ2v) is 8.72. The maximum atomic E-state index is 12.7. The number of nitrogens with zero attached hydrogens (tertiary/aromatic N) is 2. The Balaban J connectivity index is 1.48. The zero-order valence-corrected chi connectivity index (χ0v) is 18.2. The summed E-state index contributed by atoms with van der Waals surface area (Å²) < 4.78 is 6.82. The van der Waals surface area contributed by atoms with Crippen LogP contribution in [0.4, 0.5) is 0 Å². The Morgan fingerprint density at radius 1 is 1.23 bits per heavy atom. The molecule has 0 spiro atoms. The average Bonchev–Trinajstić information content (AvgIpc) is 3.22. The number of hydrogen-bond acceptors (Lipinski definition) is 4. The highest BCUT2D eigenvalue weighted by atomic mass is 16.5. The van der Waals surface area contributed by atoms with E-state index in [4.69, 9.17) is 4.74 Å². The van der Waals surface area contributed by atoms with Crippen LogP contribution in [0.1, 0.15) is 52.1 Å². The molecular weight excluding hydrogens is 380 g/mol. The van der Waals surface area contributed by atoms with Crippen LogP contribution < -0.4 is 4.73 Å². The topological polar surface area (TPSA) is 73.5 Å². The first-order chi connectivity index (χ1) is 14.3. The van der Waals surface area contributed by atoms with Gasteiger partial charge in [0.2, 0.25) is 11.3 Å². The number of fused-ring (bicyclic) bond motifs is 1. The minimum absolute atomic E-state index is 0.0424. The van der Waals surface area contributed by atoms with E-state index in [0.29, 0.717) is 38.1 Å². The Morgan fingerprint density at radius 2 is 2.00 bits per heavy atom. The molecule has 6 nitrogen and oxygen atoms in total. The van der Waals surface area contributed by atoms with Crippen LogP contribution in [0.25, 0.3) is 10.9 Å². The van der Waals surface area contributed by atoms with Crippen molar-refractivity contribution in [3.8, 4) is 0 Å². The van der Waals surface area contributed by atoms with Gasteiger partial charge in [0.15, 0.2) is 5.69 Å². The Bertz CT molecular complexity index is 909. The summed E-state index contributed by atoms with van der Waals surface area (Å²) in [6.07, 6.45) is 3.75. The quantitative estimate of drug-likeness (QED) is 0.274. The van der Waals surface area contributed by atoms with Gasteiger partial charge in [-0.15, -0.1) is 0 Å². The van der Waals surface area contributed by atoms with E-state index in [0.717, 1.165) is 35.1 Å². The van der Waals surface area contributed by atoms with E-state index in [9.17, 15) is 14.8 Å². The van der Waals surface area contributed by atoms with Gasteiger partial charge < -0.3 is 14.8 Å². The van der Waals surface area contributed by atoms with Gasteiger partial charge in [-0.25, -0.2) is 0 Å². The number of likely N-dealkylation sites (tertiary alicyclic amines) is 1. The van der Waals surface area contributed by atoms with E-state index in [2.05, 4.69) is 0 Å². The summed E-state index contributed by atoms with van der Waals surface area (Å²) in [5, 5.41) is 13.4. The van der Waals surface area contributed by atoms with Gasteiger partial charge >= 0.3 is 0 Å². The molecule has 0 aliphatic carbocycles. The summed E-state index contributed by atoms with van der Waals surface area (Å²) in [6.45, 7) is 7.14. The summed E-state index contributed by atoms with van der Waals surface area (Å²) in [4.78, 5) is 26.9. The normalized spacial score (nSPS) is 16.9. The van der Waals surface area contributed by atoms with Crippen molar-refractivity contribution >= 4 is 22.6 Å². The molecule has 1 aromatic carbocycles. The third kappa shape index (κ3) is 4.81. The van der Waals surface area contributed by atoms with Crippen molar-refractivity contribution in [3.63, 3.8) is 0 Å². The fraction of sp³-hybridized carbons (Fsp3) is 0.542. The summed E-state index contributed by atoms with van der Waals surface area (Å²) in [7, 11) is 0. The highest BCUT2D eigenvalue weighted by Crippen LogP contribution is 2.25. The van der Waals surface area contributed by atoms with Crippen LogP contribution in [0.5, 0.6) is 0 Å². The lowest BCUT2D eigenvalue weighted by molar-refractivity contribution is -0.586. The van der Waals surface area contributed by atoms with E-state index in [1.54, 1.807) is 4.90 Å². The van der Waals surface area contributed by atoms with Crippen LogP contribution in [0.3, 0.4) is 0 Å². The van der Waals surface area contributed by atoms with Crippen LogP contribution in [0, 0.1) is 10.6 Å². The van der Waals surface area contributed by atoms with E-state index >= 15 is 0 Å². The number of carbonyl (C=O) groups is 2. The predicted octanol–water partition coefficient (Wildman–Crippen LogP) is 3.42. The van der Waals surface area contributed by atoms with E-state index in [-0.39, 0.29) is 17.7 Å². The molecule has 1 amide bonds. The number of ether oxygens (including phenoxy) is 1. The predicted molar refractivity (Wildman–Crippen MR) is 116 cm³/mol. The number of hydrogen-bond donors (Lipinski definition) is 0. The fourth-order valence-corrected chi connectivity index (χ4v) is 3.84. The number of benzene rings is 1. The molecule has 2 aromatic rings. The number of pyridine rings is 1. The second-order valence-electron chi connectivity index (χ2n) is 8.72. The molecule has 0 saturated carbocycles. The lowest BCUT2D eigenvalue weighted by atomic mass is 9.84. The number of Topliss-reactive ketones (excluding diaryl/α,β-unsaturated/α-hetero) is 1. The van der Waals surface area contributed by atoms with Crippen molar-refractivity contribution in [1.29, 1.82) is 0 Å². The molecule has 1 unspecified atom stereocenters. The van der Waals surface area contributed by atoms with Crippen molar-refractivity contribution in [1.82, 2.24) is 4.90 Å². The van der Waals surface area contributed by atoms with Crippen LogP contribution in [-0.2, 0) is 20.7 Å². The Morgan fingerprint density at radius 3 is 2.77 bits per heavy atom. The first kappa shape index (κ1) is 22.2. The number of amides is 1. The van der Waals surface area contributed by atoms with Crippen molar-refractivity contribution < 1.29 is 19.1 Å². The summed E-state index contributed by atoms with van der Waals surface area (Å²) in [5.74, 6) is -0.690. The molecule has 6 heteroatoms. The molecule has 0 N–H and O–H groups in total. The van der Waals surface area contributed by atoms with Crippen molar-refractivity contribution in [2.75, 3.05) is 19.8 Å². The maximum absolute atomic E-state index is 12.7. The van der Waals surface area contributed by atoms with E-state index in [1.807, 2.05) is 57.2 Å². The highest BCUT2D eigenvalue weighted by molar-refractivity contribution is 6.38. The molecule has 1 aliphatic heterocycles. The van der Waals surface area contributed by atoms with Crippen molar-refractivity contribution in [2.24, 2.45) is 5.41 Å². The van der Waals surface area contributed by atoms with Crippen molar-refractivity contribution in [2.45, 2.75) is 58.9 Å². The molecule has 1 atom stereocenters. The Hall–Kier alpha value is -2.47. The number of rotatable bonds is 9. The molecule has 1 aliphatic rings. The van der Waals surface area contributed by atoms with Crippen LogP contribution in [0.15, 0.2) is 36.4 Å². The van der Waals surface area contributed by atoms with Gasteiger partial charge in [0.05, 0.1) is 12.6 Å². The van der Waals surface area contributed by atoms with Gasteiger partial charge in [-0.2, -0.15) is 4.73 Å². The molecular formula is C24H32N2O4. The number of ketones is 1. The summed E-state index contributed by atoms with van der Waals surface area (Å²) in [5.41, 5.74) is 0.775. The maximum Gasteiger partial charge on any atom is 0.290 e. The second kappa shape index (κ2) is 9.56. The zero-order chi connectivity index (χ0) is 21.7. The van der Waals surface area contributed by atoms with E-state index in [1.165, 1.54) is 0 Å². The van der Waals surface area contributed by atoms with Crippen LogP contribution >= 0.6 is 0 Å². The summed E-state index contributed by atoms with van der Waals surface area (Å²) >= 11 is 0. The molecule has 3 rings (SSSR count). The molecule has 162 valence electrons. The van der Waals surface area contributed by atoms with Crippen LogP contribution in [0.2, 0.25) is 0 Å². The minimum atomic E-state index is -0.626. The van der Waals surface area contributed by atoms with Crippen LogP contribution in [-0.4, -0.2) is 42.4 Å². The third-order valence-electron chi connectivity index (χ3n) is 6.23. The monoisotopic (exact) mass is 412 g/mol. The number of aryl methyl sites for hydroxylation is 1. The highest BCUT2D eigenvalue weighted by Gasteiger charge is 2.38. The van der Waals surface area contributed by atoms with Gasteiger partial charge in [0, 0.05) is 42.5 Å².